The summed E-state index contributed by atoms with van der Waals surface area (Å²) in [6.07, 6.45) is -1.86. The lowest BCUT2D eigenvalue weighted by molar-refractivity contribution is 0.0980. The van der Waals surface area contributed by atoms with Crippen LogP contribution in [0.2, 0.25) is 0 Å². The van der Waals surface area contributed by atoms with Gasteiger partial charge in [-0.25, -0.2) is 8.78 Å². The predicted molar refractivity (Wildman–Crippen MR) is 104 cm³/mol. The summed E-state index contributed by atoms with van der Waals surface area (Å²) in [6, 6.07) is 0.247. The van der Waals surface area contributed by atoms with Gasteiger partial charge in [-0.1, -0.05) is 13.5 Å². The van der Waals surface area contributed by atoms with Crippen LogP contribution in [0.4, 0.5) is 20.7 Å². The Labute approximate surface area is 159 Å². The maximum atomic E-state index is 13.3. The molecule has 150 valence electrons. The van der Waals surface area contributed by atoms with E-state index in [0.717, 1.165) is 6.42 Å². The van der Waals surface area contributed by atoms with E-state index < -0.39 is 12.1 Å². The number of alkyl halides is 2. The molecular formula is C18H28F2N6O. The van der Waals surface area contributed by atoms with Crippen molar-refractivity contribution in [1.82, 2.24) is 15.0 Å². The fourth-order valence-electron chi connectivity index (χ4n) is 2.75. The van der Waals surface area contributed by atoms with Crippen molar-refractivity contribution in [3.63, 3.8) is 0 Å². The molecule has 0 bridgehead atoms. The third-order valence-corrected chi connectivity index (χ3v) is 4.83. The number of hydrogen-bond donors (Lipinski definition) is 0. The van der Waals surface area contributed by atoms with Crippen molar-refractivity contribution >= 4 is 23.2 Å². The third-order valence-electron chi connectivity index (χ3n) is 4.83. The van der Waals surface area contributed by atoms with E-state index in [2.05, 4.69) is 33.4 Å². The molecule has 0 aromatic carbocycles. The van der Waals surface area contributed by atoms with Gasteiger partial charge in [-0.2, -0.15) is 15.0 Å². The molecule has 2 heterocycles. The first-order chi connectivity index (χ1) is 12.8. The van der Waals surface area contributed by atoms with Gasteiger partial charge in [0.15, 0.2) is 5.82 Å². The molecular weight excluding hydrogens is 354 g/mol. The van der Waals surface area contributed by atoms with Crippen molar-refractivity contribution in [3.8, 4) is 0 Å². The zero-order valence-electron chi connectivity index (χ0n) is 16.6. The Morgan fingerprint density at radius 2 is 2.11 bits per heavy atom. The Balaban J connectivity index is 2.52. The minimum atomic E-state index is -2.75. The largest absolute Gasteiger partial charge is 0.377 e. The van der Waals surface area contributed by atoms with Gasteiger partial charge in [-0.05, 0) is 20.3 Å². The minimum Gasteiger partial charge on any atom is -0.377 e. The molecule has 0 radical (unpaired) electrons. The van der Waals surface area contributed by atoms with E-state index >= 15 is 0 Å². The normalized spacial score (nSPS) is 19.3. The van der Waals surface area contributed by atoms with Gasteiger partial charge in [0.25, 0.3) is 6.43 Å². The average Bonchev–Trinajstić information content (AvgIpc) is 2.66. The zero-order valence-corrected chi connectivity index (χ0v) is 16.6. The van der Waals surface area contributed by atoms with Crippen LogP contribution < -0.4 is 9.80 Å². The Bertz CT molecular complexity index is 696. The number of hydrogen-bond acceptors (Lipinski definition) is 7. The van der Waals surface area contributed by atoms with Crippen LogP contribution >= 0.6 is 0 Å². The molecule has 1 aromatic rings. The minimum absolute atomic E-state index is 0.0101. The number of morpholine rings is 1. The number of nitrogens with zero attached hydrogens (tertiary/aromatic N) is 6. The van der Waals surface area contributed by atoms with E-state index in [9.17, 15) is 8.78 Å². The summed E-state index contributed by atoms with van der Waals surface area (Å²) >= 11 is 0. The third kappa shape index (κ3) is 4.77. The lowest BCUT2D eigenvalue weighted by atomic mass is 10.1. The Kier molecular flexibility index (Phi) is 7.18. The monoisotopic (exact) mass is 382 g/mol. The van der Waals surface area contributed by atoms with Crippen LogP contribution in [0.5, 0.6) is 0 Å². The van der Waals surface area contributed by atoms with Crippen molar-refractivity contribution in [2.45, 2.75) is 45.7 Å². The highest BCUT2D eigenvalue weighted by Crippen LogP contribution is 2.23. The van der Waals surface area contributed by atoms with Gasteiger partial charge in [0.2, 0.25) is 11.9 Å². The second-order valence-electron chi connectivity index (χ2n) is 6.63. The second kappa shape index (κ2) is 9.16. The molecule has 1 fully saturated rings. The molecule has 7 nitrogen and oxygen atoms in total. The van der Waals surface area contributed by atoms with Gasteiger partial charge in [-0.15, -0.1) is 0 Å². The number of rotatable bonds is 7. The maximum absolute atomic E-state index is 13.3. The summed E-state index contributed by atoms with van der Waals surface area (Å²) in [5.41, 5.74) is -0.407. The molecule has 27 heavy (non-hydrogen) atoms. The molecule has 0 aliphatic carbocycles. The van der Waals surface area contributed by atoms with Crippen LogP contribution in [0.25, 0.3) is 5.57 Å². The van der Waals surface area contributed by atoms with Gasteiger partial charge >= 0.3 is 0 Å². The summed E-state index contributed by atoms with van der Waals surface area (Å²) in [5.74, 6) is 0.977. The Hall–Kier alpha value is -2.16. The standard InChI is InChI=1S/C18H28F2N6O/c1-7-11(2)25(6)17-22-16(13(4)14(21-5)15(19)20)23-18(24-17)26-8-9-27-10-12(26)3/h11-12,15H,4,7-10H2,1-3,5-6H3/t11-,12-/m0/s1. The van der Waals surface area contributed by atoms with Crippen molar-refractivity contribution < 1.29 is 13.5 Å². The SMILES string of the molecule is C=C(C(=NC)C(F)F)c1nc(N(C)[C@@H](C)CC)nc(N2CCOC[C@@H]2C)n1. The Morgan fingerprint density at radius 3 is 2.67 bits per heavy atom. The average molecular weight is 382 g/mol. The number of anilines is 2. The molecule has 1 aliphatic heterocycles. The molecule has 9 heteroatoms. The highest BCUT2D eigenvalue weighted by molar-refractivity contribution is 6.23. The van der Waals surface area contributed by atoms with Gasteiger partial charge in [-0.3, -0.25) is 4.99 Å². The molecule has 0 spiro atoms. The summed E-state index contributed by atoms with van der Waals surface area (Å²) in [7, 11) is 3.19. The maximum Gasteiger partial charge on any atom is 0.280 e. The van der Waals surface area contributed by atoms with Crippen LogP contribution in [-0.4, -0.2) is 73.0 Å². The number of aliphatic imine (C=N–C) groups is 1. The van der Waals surface area contributed by atoms with E-state index in [4.69, 9.17) is 4.74 Å². The second-order valence-corrected chi connectivity index (χ2v) is 6.63. The molecule has 0 N–H and O–H groups in total. The first-order valence-corrected chi connectivity index (χ1v) is 9.07. The number of halogens is 2. The molecule has 1 saturated heterocycles. The summed E-state index contributed by atoms with van der Waals surface area (Å²) in [5, 5.41) is 0. The van der Waals surface area contributed by atoms with Gasteiger partial charge in [0, 0.05) is 32.3 Å². The van der Waals surface area contributed by atoms with Crippen LogP contribution in [0.15, 0.2) is 11.6 Å². The summed E-state index contributed by atoms with van der Waals surface area (Å²) < 4.78 is 32.1. The van der Waals surface area contributed by atoms with E-state index in [1.54, 1.807) is 0 Å². The van der Waals surface area contributed by atoms with Crippen molar-refractivity contribution in [1.29, 1.82) is 0 Å². The van der Waals surface area contributed by atoms with Crippen molar-refractivity contribution in [3.05, 3.63) is 12.4 Å². The first-order valence-electron chi connectivity index (χ1n) is 9.07. The molecule has 0 amide bonds. The topological polar surface area (TPSA) is 66.7 Å². The van der Waals surface area contributed by atoms with Crippen LogP contribution in [0, 0.1) is 0 Å². The quantitative estimate of drug-likeness (QED) is 0.676. The molecule has 2 atom stereocenters. The zero-order chi connectivity index (χ0) is 20.1. The van der Waals surface area contributed by atoms with Gasteiger partial charge in [0.1, 0.15) is 5.71 Å². The van der Waals surface area contributed by atoms with Crippen molar-refractivity contribution in [2.75, 3.05) is 43.7 Å². The molecule has 1 aromatic heterocycles. The van der Waals surface area contributed by atoms with E-state index in [1.165, 1.54) is 7.05 Å². The first kappa shape index (κ1) is 21.1. The predicted octanol–water partition coefficient (Wildman–Crippen LogP) is 2.68. The van der Waals surface area contributed by atoms with Crippen molar-refractivity contribution in [2.24, 2.45) is 4.99 Å². The molecule has 1 aliphatic rings. The Morgan fingerprint density at radius 1 is 1.41 bits per heavy atom. The highest BCUT2D eigenvalue weighted by atomic mass is 19.3. The fraction of sp³-hybridized carbons (Fsp3) is 0.667. The fourth-order valence-corrected chi connectivity index (χ4v) is 2.75. The molecule has 2 rings (SSSR count). The number of allylic oxidation sites excluding steroid dienone is 1. The van der Waals surface area contributed by atoms with Crippen LogP contribution in [-0.2, 0) is 4.74 Å². The van der Waals surface area contributed by atoms with Crippen LogP contribution in [0.3, 0.4) is 0 Å². The van der Waals surface area contributed by atoms with Gasteiger partial charge < -0.3 is 14.5 Å². The van der Waals surface area contributed by atoms with E-state index in [1.807, 2.05) is 30.7 Å². The number of ether oxygens (including phenoxy) is 1. The lowest BCUT2D eigenvalue weighted by Gasteiger charge is -2.34. The molecule has 0 saturated carbocycles. The molecule has 0 unspecified atom stereocenters. The highest BCUT2D eigenvalue weighted by Gasteiger charge is 2.26. The number of aromatic nitrogens is 3. The lowest BCUT2D eigenvalue weighted by Crippen LogP contribution is -2.45. The van der Waals surface area contributed by atoms with E-state index in [-0.39, 0.29) is 23.5 Å². The summed E-state index contributed by atoms with van der Waals surface area (Å²) in [6.45, 7) is 11.6. The van der Waals surface area contributed by atoms with Gasteiger partial charge in [0.05, 0.1) is 19.3 Å². The summed E-state index contributed by atoms with van der Waals surface area (Å²) in [4.78, 5) is 21.0. The van der Waals surface area contributed by atoms with E-state index in [0.29, 0.717) is 31.7 Å². The van der Waals surface area contributed by atoms with Crippen LogP contribution in [0.1, 0.15) is 33.0 Å². The smallest absolute Gasteiger partial charge is 0.280 e.